The van der Waals surface area contributed by atoms with Crippen molar-refractivity contribution in [2.24, 2.45) is 0 Å². The largest absolute Gasteiger partial charge is 0.481 e. The number of carbonyl (C=O) groups excluding carboxylic acids is 2. The molecular weight excluding hydrogens is 365 g/mol. The SMILES string of the molecule is COC(=O)[C@H](Cc1cccnc1OC)NC(=O)c1ccccc1C(F)(F)F. The van der Waals surface area contributed by atoms with Crippen molar-refractivity contribution in [2.45, 2.75) is 18.6 Å². The van der Waals surface area contributed by atoms with Gasteiger partial charge in [-0.15, -0.1) is 0 Å². The smallest absolute Gasteiger partial charge is 0.417 e. The van der Waals surface area contributed by atoms with Crippen molar-refractivity contribution in [3.63, 3.8) is 0 Å². The van der Waals surface area contributed by atoms with E-state index in [2.05, 4.69) is 15.0 Å². The Morgan fingerprint density at radius 3 is 2.48 bits per heavy atom. The van der Waals surface area contributed by atoms with E-state index in [1.54, 1.807) is 12.1 Å². The van der Waals surface area contributed by atoms with E-state index in [-0.39, 0.29) is 12.3 Å². The number of ether oxygens (including phenoxy) is 2. The van der Waals surface area contributed by atoms with Gasteiger partial charge in [0, 0.05) is 18.2 Å². The maximum absolute atomic E-state index is 13.1. The van der Waals surface area contributed by atoms with Crippen LogP contribution < -0.4 is 10.1 Å². The third-order valence-corrected chi connectivity index (χ3v) is 3.74. The zero-order valence-corrected chi connectivity index (χ0v) is 14.5. The van der Waals surface area contributed by atoms with Gasteiger partial charge in [-0.05, 0) is 18.2 Å². The number of alkyl halides is 3. The van der Waals surface area contributed by atoms with Crippen LogP contribution in [0.25, 0.3) is 0 Å². The van der Waals surface area contributed by atoms with Gasteiger partial charge < -0.3 is 14.8 Å². The minimum atomic E-state index is -4.71. The Kier molecular flexibility index (Phi) is 6.38. The Bertz CT molecular complexity index is 824. The molecule has 0 saturated carbocycles. The van der Waals surface area contributed by atoms with Gasteiger partial charge in [-0.1, -0.05) is 18.2 Å². The second kappa shape index (κ2) is 8.52. The van der Waals surface area contributed by atoms with Crippen molar-refractivity contribution < 1.29 is 32.2 Å². The van der Waals surface area contributed by atoms with Gasteiger partial charge in [0.25, 0.3) is 5.91 Å². The minimum absolute atomic E-state index is 0.0659. The van der Waals surface area contributed by atoms with E-state index in [9.17, 15) is 22.8 Å². The Morgan fingerprint density at radius 1 is 1.15 bits per heavy atom. The lowest BCUT2D eigenvalue weighted by molar-refractivity contribution is -0.142. The summed E-state index contributed by atoms with van der Waals surface area (Å²) in [5.41, 5.74) is -1.19. The maximum atomic E-state index is 13.1. The number of aromatic nitrogens is 1. The molecule has 0 bridgehead atoms. The van der Waals surface area contributed by atoms with E-state index < -0.39 is 35.2 Å². The van der Waals surface area contributed by atoms with Gasteiger partial charge in [0.1, 0.15) is 6.04 Å². The van der Waals surface area contributed by atoms with Crippen molar-refractivity contribution in [3.05, 3.63) is 59.3 Å². The highest BCUT2D eigenvalue weighted by atomic mass is 19.4. The number of methoxy groups -OCH3 is 2. The van der Waals surface area contributed by atoms with Crippen LogP contribution in [0.2, 0.25) is 0 Å². The molecule has 6 nitrogen and oxygen atoms in total. The van der Waals surface area contributed by atoms with Gasteiger partial charge in [0.05, 0.1) is 25.3 Å². The van der Waals surface area contributed by atoms with E-state index in [4.69, 9.17) is 4.74 Å². The molecule has 0 aliphatic heterocycles. The highest BCUT2D eigenvalue weighted by Gasteiger charge is 2.35. The molecule has 1 aromatic heterocycles. The molecule has 2 aromatic rings. The van der Waals surface area contributed by atoms with Gasteiger partial charge in [-0.3, -0.25) is 4.79 Å². The molecule has 27 heavy (non-hydrogen) atoms. The number of nitrogens with one attached hydrogen (secondary N) is 1. The molecule has 0 aliphatic carbocycles. The lowest BCUT2D eigenvalue weighted by Gasteiger charge is -2.19. The summed E-state index contributed by atoms with van der Waals surface area (Å²) >= 11 is 0. The highest BCUT2D eigenvalue weighted by Crippen LogP contribution is 2.31. The number of rotatable bonds is 6. The zero-order chi connectivity index (χ0) is 20.0. The normalized spacial score (nSPS) is 12.2. The van der Waals surface area contributed by atoms with Gasteiger partial charge in [0.15, 0.2) is 0 Å². The van der Waals surface area contributed by atoms with Crippen LogP contribution in [0, 0.1) is 0 Å². The Hall–Kier alpha value is -3.10. The summed E-state index contributed by atoms with van der Waals surface area (Å²) in [5.74, 6) is -1.61. The number of amides is 1. The van der Waals surface area contributed by atoms with Crippen LogP contribution in [0.1, 0.15) is 21.5 Å². The molecule has 0 radical (unpaired) electrons. The molecule has 1 atom stereocenters. The van der Waals surface area contributed by atoms with Crippen molar-refractivity contribution in [1.29, 1.82) is 0 Å². The van der Waals surface area contributed by atoms with E-state index in [1.807, 2.05) is 0 Å². The van der Waals surface area contributed by atoms with Crippen LogP contribution in [-0.2, 0) is 22.1 Å². The summed E-state index contributed by atoms with van der Waals surface area (Å²) < 4.78 is 49.1. The first-order valence-corrected chi connectivity index (χ1v) is 7.80. The van der Waals surface area contributed by atoms with Crippen LogP contribution in [0.5, 0.6) is 5.88 Å². The summed E-state index contributed by atoms with van der Waals surface area (Å²) in [7, 11) is 2.50. The molecule has 9 heteroatoms. The zero-order valence-electron chi connectivity index (χ0n) is 14.5. The number of esters is 1. The van der Waals surface area contributed by atoms with Crippen LogP contribution >= 0.6 is 0 Å². The Balaban J connectivity index is 2.30. The summed E-state index contributed by atoms with van der Waals surface area (Å²) in [6, 6.07) is 6.33. The predicted octanol–water partition coefficient (Wildman–Crippen LogP) is 2.62. The van der Waals surface area contributed by atoms with Gasteiger partial charge in [-0.2, -0.15) is 13.2 Å². The third kappa shape index (κ3) is 4.96. The number of benzene rings is 1. The van der Waals surface area contributed by atoms with Crippen LogP contribution in [0.3, 0.4) is 0 Å². The Labute approximate surface area is 153 Å². The van der Waals surface area contributed by atoms with Crippen LogP contribution in [0.4, 0.5) is 13.2 Å². The van der Waals surface area contributed by atoms with E-state index in [0.717, 1.165) is 19.2 Å². The van der Waals surface area contributed by atoms with Gasteiger partial charge in [0.2, 0.25) is 5.88 Å². The fraction of sp³-hybridized carbons (Fsp3) is 0.278. The average molecular weight is 382 g/mol. The number of hydrogen-bond acceptors (Lipinski definition) is 5. The second-order valence-electron chi connectivity index (χ2n) is 5.47. The lowest BCUT2D eigenvalue weighted by Crippen LogP contribution is -2.43. The van der Waals surface area contributed by atoms with Crippen molar-refractivity contribution in [1.82, 2.24) is 10.3 Å². The standard InChI is InChI=1S/C18H17F3N2O4/c1-26-16-11(6-5-9-22-16)10-14(17(25)27-2)23-15(24)12-7-3-4-8-13(12)18(19,20)21/h3-9,14H,10H2,1-2H3,(H,23,24)/t14-/m0/s1. The first kappa shape index (κ1) is 20.2. The molecule has 0 unspecified atom stereocenters. The third-order valence-electron chi connectivity index (χ3n) is 3.74. The van der Waals surface area contributed by atoms with Gasteiger partial charge >= 0.3 is 12.1 Å². The lowest BCUT2D eigenvalue weighted by atomic mass is 10.0. The maximum Gasteiger partial charge on any atom is 0.417 e. The molecule has 0 aliphatic rings. The number of halogens is 3. The predicted molar refractivity (Wildman–Crippen MR) is 89.2 cm³/mol. The van der Waals surface area contributed by atoms with Crippen molar-refractivity contribution in [2.75, 3.05) is 14.2 Å². The summed E-state index contributed by atoms with van der Waals surface area (Å²) in [6.45, 7) is 0. The summed E-state index contributed by atoms with van der Waals surface area (Å²) in [6.07, 6.45) is -3.29. The molecule has 1 amide bonds. The summed E-state index contributed by atoms with van der Waals surface area (Å²) in [5, 5.41) is 2.30. The first-order chi connectivity index (χ1) is 12.8. The van der Waals surface area contributed by atoms with E-state index >= 15 is 0 Å². The fourth-order valence-corrected chi connectivity index (χ4v) is 2.48. The van der Waals surface area contributed by atoms with E-state index in [0.29, 0.717) is 5.56 Å². The fourth-order valence-electron chi connectivity index (χ4n) is 2.48. The second-order valence-corrected chi connectivity index (χ2v) is 5.47. The number of carbonyl (C=O) groups is 2. The molecule has 0 saturated heterocycles. The number of nitrogens with zero attached hydrogens (tertiary/aromatic N) is 1. The molecule has 1 N–H and O–H groups in total. The molecule has 1 heterocycles. The number of hydrogen-bond donors (Lipinski definition) is 1. The van der Waals surface area contributed by atoms with Crippen molar-refractivity contribution in [3.8, 4) is 5.88 Å². The first-order valence-electron chi connectivity index (χ1n) is 7.80. The summed E-state index contributed by atoms with van der Waals surface area (Å²) in [4.78, 5) is 28.4. The number of pyridine rings is 1. The molecule has 0 spiro atoms. The molecule has 1 aromatic carbocycles. The Morgan fingerprint density at radius 2 is 1.85 bits per heavy atom. The minimum Gasteiger partial charge on any atom is -0.481 e. The van der Waals surface area contributed by atoms with Crippen molar-refractivity contribution >= 4 is 11.9 Å². The molecular formula is C18H17F3N2O4. The topological polar surface area (TPSA) is 77.5 Å². The molecule has 0 fully saturated rings. The molecule has 2 rings (SSSR count). The monoisotopic (exact) mass is 382 g/mol. The quantitative estimate of drug-likeness (QED) is 0.778. The van der Waals surface area contributed by atoms with Crippen LogP contribution in [-0.4, -0.2) is 37.1 Å². The highest BCUT2D eigenvalue weighted by molar-refractivity contribution is 5.98. The van der Waals surface area contributed by atoms with E-state index in [1.165, 1.54) is 25.4 Å². The van der Waals surface area contributed by atoms with Crippen LogP contribution in [0.15, 0.2) is 42.6 Å². The van der Waals surface area contributed by atoms with Gasteiger partial charge in [-0.25, -0.2) is 9.78 Å². The average Bonchev–Trinajstić information content (AvgIpc) is 2.66. The molecule has 144 valence electrons.